The van der Waals surface area contributed by atoms with Gasteiger partial charge in [0.2, 0.25) is 0 Å². The second kappa shape index (κ2) is 12.2. The van der Waals surface area contributed by atoms with Crippen LogP contribution in [0.3, 0.4) is 0 Å². The van der Waals surface area contributed by atoms with E-state index >= 15 is 0 Å². The van der Waals surface area contributed by atoms with Crippen LogP contribution in [-0.2, 0) is 0 Å². The molecule has 1 atom stereocenters. The molecule has 1 N–H and O–H groups in total. The Morgan fingerprint density at radius 2 is 1.61 bits per heavy atom. The van der Waals surface area contributed by atoms with E-state index in [0.717, 1.165) is 25.3 Å². The molecule has 0 fully saturated rings. The number of hydrogen-bond donors (Lipinski definition) is 1. The summed E-state index contributed by atoms with van der Waals surface area (Å²) in [5.41, 5.74) is 1.20. The van der Waals surface area contributed by atoms with Crippen molar-refractivity contribution in [1.29, 1.82) is 0 Å². The molecule has 7 heteroatoms. The number of alkyl halides is 1. The molecule has 33 heavy (non-hydrogen) atoms. The second-order valence-corrected chi connectivity index (χ2v) is 8.07. The summed E-state index contributed by atoms with van der Waals surface area (Å²) in [6, 6.07) is 8.08. The Bertz CT molecular complexity index is 1030. The van der Waals surface area contributed by atoms with Gasteiger partial charge in [0.1, 0.15) is 24.3 Å². The van der Waals surface area contributed by atoms with Crippen molar-refractivity contribution in [1.82, 2.24) is 9.97 Å². The van der Waals surface area contributed by atoms with Crippen LogP contribution < -0.4 is 4.74 Å². The Labute approximate surface area is 192 Å². The summed E-state index contributed by atoms with van der Waals surface area (Å²) in [5.74, 6) is -1.29. The summed E-state index contributed by atoms with van der Waals surface area (Å²) in [6.45, 7) is 1.98. The van der Waals surface area contributed by atoms with Crippen LogP contribution in [0.4, 0.5) is 13.2 Å². The standard InChI is InChI=1S/C26H29F3N2O2/c1-2-3-4-5-6-7-8-20(27)17-33-25-12-9-18(13-24(25)29)19-15-30-26(31-16-19)22-11-10-21(32)14-23(22)28/h9-16,20,32H,2-8,17H2,1H3. The molecule has 4 nitrogen and oxygen atoms in total. The van der Waals surface area contributed by atoms with E-state index in [1.807, 2.05) is 0 Å². The lowest BCUT2D eigenvalue weighted by Gasteiger charge is -2.12. The number of benzene rings is 2. The lowest BCUT2D eigenvalue weighted by Crippen LogP contribution is -2.13. The van der Waals surface area contributed by atoms with Crippen molar-refractivity contribution < 1.29 is 23.0 Å². The smallest absolute Gasteiger partial charge is 0.165 e. The van der Waals surface area contributed by atoms with Crippen molar-refractivity contribution in [3.8, 4) is 34.0 Å². The molecule has 0 amide bonds. The van der Waals surface area contributed by atoms with Crippen LogP contribution >= 0.6 is 0 Å². The quantitative estimate of drug-likeness (QED) is 0.290. The third kappa shape index (κ3) is 7.20. The Balaban J connectivity index is 1.54. The topological polar surface area (TPSA) is 55.2 Å². The lowest BCUT2D eigenvalue weighted by atomic mass is 10.1. The average Bonchev–Trinajstić information content (AvgIpc) is 2.81. The van der Waals surface area contributed by atoms with Crippen molar-refractivity contribution >= 4 is 0 Å². The first-order valence-electron chi connectivity index (χ1n) is 11.4. The zero-order valence-electron chi connectivity index (χ0n) is 18.7. The number of rotatable bonds is 12. The molecule has 176 valence electrons. The Morgan fingerprint density at radius 1 is 0.879 bits per heavy atom. The molecule has 0 saturated carbocycles. The van der Waals surface area contributed by atoms with Gasteiger partial charge in [0, 0.05) is 24.0 Å². The predicted molar refractivity (Wildman–Crippen MR) is 123 cm³/mol. The number of ether oxygens (including phenoxy) is 1. The van der Waals surface area contributed by atoms with Crippen LogP contribution in [0.1, 0.15) is 51.9 Å². The zero-order valence-corrected chi connectivity index (χ0v) is 18.7. The number of aromatic hydroxyl groups is 1. The van der Waals surface area contributed by atoms with Gasteiger partial charge in [-0.25, -0.2) is 23.1 Å². The van der Waals surface area contributed by atoms with E-state index in [2.05, 4.69) is 16.9 Å². The molecule has 0 aliphatic rings. The zero-order chi connectivity index (χ0) is 23.6. The number of phenols is 1. The number of aromatic nitrogens is 2. The molecule has 0 aliphatic heterocycles. The third-order valence-corrected chi connectivity index (χ3v) is 5.40. The van der Waals surface area contributed by atoms with E-state index in [1.54, 1.807) is 6.07 Å². The molecule has 0 aliphatic carbocycles. The number of hydrogen-bond acceptors (Lipinski definition) is 4. The Morgan fingerprint density at radius 3 is 2.30 bits per heavy atom. The second-order valence-electron chi connectivity index (χ2n) is 8.07. The molecule has 2 aromatic carbocycles. The molecule has 1 unspecified atom stereocenters. The third-order valence-electron chi connectivity index (χ3n) is 5.40. The summed E-state index contributed by atoms with van der Waals surface area (Å²) in [5, 5.41) is 9.32. The van der Waals surface area contributed by atoms with E-state index in [0.29, 0.717) is 17.5 Å². The summed E-state index contributed by atoms with van der Waals surface area (Å²) in [6.07, 6.45) is 8.71. The van der Waals surface area contributed by atoms with Gasteiger partial charge in [0.15, 0.2) is 17.4 Å². The minimum absolute atomic E-state index is 0.00644. The highest BCUT2D eigenvalue weighted by molar-refractivity contribution is 5.65. The maximum Gasteiger partial charge on any atom is 0.165 e. The summed E-state index contributed by atoms with van der Waals surface area (Å²) < 4.78 is 47.9. The van der Waals surface area contributed by atoms with Crippen LogP contribution in [0, 0.1) is 11.6 Å². The van der Waals surface area contributed by atoms with Crippen LogP contribution in [0.25, 0.3) is 22.5 Å². The molecule has 0 spiro atoms. The van der Waals surface area contributed by atoms with Crippen LogP contribution in [0.2, 0.25) is 0 Å². The maximum atomic E-state index is 14.5. The number of unbranched alkanes of at least 4 members (excludes halogenated alkanes) is 5. The fraction of sp³-hybridized carbons (Fsp3) is 0.385. The van der Waals surface area contributed by atoms with Crippen LogP contribution in [0.15, 0.2) is 48.8 Å². The summed E-state index contributed by atoms with van der Waals surface area (Å²) in [7, 11) is 0. The number of halogens is 3. The van der Waals surface area contributed by atoms with Crippen molar-refractivity contribution in [3.05, 3.63) is 60.4 Å². The molecule has 0 bridgehead atoms. The van der Waals surface area contributed by atoms with Crippen molar-refractivity contribution in [2.75, 3.05) is 6.61 Å². The van der Waals surface area contributed by atoms with Gasteiger partial charge in [-0.1, -0.05) is 51.5 Å². The monoisotopic (exact) mass is 458 g/mol. The van der Waals surface area contributed by atoms with Gasteiger partial charge >= 0.3 is 0 Å². The van der Waals surface area contributed by atoms with Gasteiger partial charge < -0.3 is 9.84 Å². The van der Waals surface area contributed by atoms with Crippen LogP contribution in [0.5, 0.6) is 11.5 Å². The Kier molecular flexibility index (Phi) is 9.10. The minimum atomic E-state index is -1.13. The van der Waals surface area contributed by atoms with Gasteiger partial charge in [0.25, 0.3) is 0 Å². The van der Waals surface area contributed by atoms with Crippen molar-refractivity contribution in [2.24, 2.45) is 0 Å². The first kappa shape index (κ1) is 24.6. The molecule has 3 rings (SSSR count). The molecule has 0 radical (unpaired) electrons. The van der Waals surface area contributed by atoms with E-state index < -0.39 is 17.8 Å². The molecule has 0 saturated heterocycles. The minimum Gasteiger partial charge on any atom is -0.508 e. The predicted octanol–water partition coefficient (Wildman–Crippen LogP) is 7.26. The highest BCUT2D eigenvalue weighted by Crippen LogP contribution is 2.27. The van der Waals surface area contributed by atoms with Crippen molar-refractivity contribution in [2.45, 2.75) is 58.0 Å². The maximum absolute atomic E-state index is 14.5. The number of phenolic OH excluding ortho intramolecular Hbond substituents is 1. The first-order valence-corrected chi connectivity index (χ1v) is 11.4. The van der Waals surface area contributed by atoms with E-state index in [1.165, 1.54) is 55.9 Å². The van der Waals surface area contributed by atoms with Gasteiger partial charge in [0.05, 0.1) is 5.56 Å². The molecular weight excluding hydrogens is 429 g/mol. The lowest BCUT2D eigenvalue weighted by molar-refractivity contribution is 0.179. The SMILES string of the molecule is CCCCCCCCC(F)COc1ccc(-c2cnc(-c3ccc(O)cc3F)nc2)cc1F. The Hall–Kier alpha value is -3.09. The fourth-order valence-electron chi connectivity index (χ4n) is 3.51. The number of nitrogens with zero attached hydrogens (tertiary/aromatic N) is 2. The van der Waals surface area contributed by atoms with E-state index in [4.69, 9.17) is 4.74 Å². The highest BCUT2D eigenvalue weighted by atomic mass is 19.1. The normalized spacial score (nSPS) is 12.0. The molecule has 1 heterocycles. The van der Waals surface area contributed by atoms with E-state index in [-0.39, 0.29) is 29.5 Å². The van der Waals surface area contributed by atoms with Gasteiger partial charge in [-0.05, 0) is 36.2 Å². The molecule has 1 aromatic heterocycles. The van der Waals surface area contributed by atoms with Gasteiger partial charge in [-0.2, -0.15) is 0 Å². The largest absolute Gasteiger partial charge is 0.508 e. The van der Waals surface area contributed by atoms with Gasteiger partial charge in [-0.3, -0.25) is 0 Å². The van der Waals surface area contributed by atoms with Gasteiger partial charge in [-0.15, -0.1) is 0 Å². The first-order chi connectivity index (χ1) is 16.0. The summed E-state index contributed by atoms with van der Waals surface area (Å²) >= 11 is 0. The highest BCUT2D eigenvalue weighted by Gasteiger charge is 2.13. The van der Waals surface area contributed by atoms with Crippen molar-refractivity contribution in [3.63, 3.8) is 0 Å². The van der Waals surface area contributed by atoms with E-state index in [9.17, 15) is 18.3 Å². The van der Waals surface area contributed by atoms with Crippen LogP contribution in [-0.4, -0.2) is 27.9 Å². The molecule has 3 aromatic rings. The molecular formula is C26H29F3N2O2. The average molecular weight is 459 g/mol. The summed E-state index contributed by atoms with van der Waals surface area (Å²) in [4.78, 5) is 8.29. The fourth-order valence-corrected chi connectivity index (χ4v) is 3.51.